The van der Waals surface area contributed by atoms with Crippen LogP contribution in [-0.4, -0.2) is 46.7 Å². The van der Waals surface area contributed by atoms with Crippen molar-refractivity contribution < 1.29 is 0 Å². The predicted molar refractivity (Wildman–Crippen MR) is 79.1 cm³/mol. The van der Waals surface area contributed by atoms with Gasteiger partial charge in [0.2, 0.25) is 0 Å². The van der Waals surface area contributed by atoms with E-state index in [1.165, 1.54) is 25.9 Å². The van der Waals surface area contributed by atoms with Crippen molar-refractivity contribution in [2.45, 2.75) is 52.2 Å². The standard InChI is InChI=1S/C15H28N4/c1-15(2,3)14(11-19-10-7-16-12-19)17-13-5-8-18(4)9-6-13/h7,10,12-14,17H,5-6,8-9,11H2,1-4H3. The summed E-state index contributed by atoms with van der Waals surface area (Å²) in [5, 5.41) is 3.88. The van der Waals surface area contributed by atoms with Crippen molar-refractivity contribution in [2.24, 2.45) is 5.41 Å². The van der Waals surface area contributed by atoms with Crippen LogP contribution in [0.5, 0.6) is 0 Å². The highest BCUT2D eigenvalue weighted by molar-refractivity contribution is 4.88. The Hall–Kier alpha value is -0.870. The molecule has 0 aromatic carbocycles. The maximum atomic E-state index is 4.14. The summed E-state index contributed by atoms with van der Waals surface area (Å²) in [5.41, 5.74) is 0.258. The van der Waals surface area contributed by atoms with Gasteiger partial charge in [-0.25, -0.2) is 4.98 Å². The van der Waals surface area contributed by atoms with E-state index in [0.29, 0.717) is 12.1 Å². The number of hydrogen-bond acceptors (Lipinski definition) is 3. The maximum absolute atomic E-state index is 4.14. The van der Waals surface area contributed by atoms with Gasteiger partial charge in [0.1, 0.15) is 0 Å². The van der Waals surface area contributed by atoms with Crippen LogP contribution in [-0.2, 0) is 6.54 Å². The van der Waals surface area contributed by atoms with Crippen LogP contribution < -0.4 is 5.32 Å². The van der Waals surface area contributed by atoms with Crippen LogP contribution in [0, 0.1) is 5.41 Å². The van der Waals surface area contributed by atoms with Crippen molar-refractivity contribution in [2.75, 3.05) is 20.1 Å². The molecule has 0 saturated carbocycles. The number of aromatic nitrogens is 2. The molecule has 0 bridgehead atoms. The number of imidazole rings is 1. The normalized spacial score (nSPS) is 20.6. The van der Waals surface area contributed by atoms with Crippen LogP contribution in [0.4, 0.5) is 0 Å². The lowest BCUT2D eigenvalue weighted by Gasteiger charge is -2.38. The van der Waals surface area contributed by atoms with Gasteiger partial charge in [-0.2, -0.15) is 0 Å². The lowest BCUT2D eigenvalue weighted by atomic mass is 9.85. The van der Waals surface area contributed by atoms with Gasteiger partial charge in [0.25, 0.3) is 0 Å². The van der Waals surface area contributed by atoms with E-state index in [1.54, 1.807) is 0 Å². The summed E-state index contributed by atoms with van der Waals surface area (Å²) in [4.78, 5) is 6.56. The summed E-state index contributed by atoms with van der Waals surface area (Å²) in [7, 11) is 2.21. The smallest absolute Gasteiger partial charge is 0.0946 e. The Morgan fingerprint density at radius 1 is 1.32 bits per heavy atom. The van der Waals surface area contributed by atoms with Crippen molar-refractivity contribution in [3.8, 4) is 0 Å². The molecule has 4 heteroatoms. The first kappa shape index (κ1) is 14.5. The molecule has 1 saturated heterocycles. The van der Waals surface area contributed by atoms with Gasteiger partial charge in [0.15, 0.2) is 0 Å². The monoisotopic (exact) mass is 264 g/mol. The average Bonchev–Trinajstić information content (AvgIpc) is 2.83. The third kappa shape index (κ3) is 4.32. The fraction of sp³-hybridized carbons (Fsp3) is 0.800. The summed E-state index contributed by atoms with van der Waals surface area (Å²) in [5.74, 6) is 0. The van der Waals surface area contributed by atoms with E-state index in [9.17, 15) is 0 Å². The SMILES string of the molecule is CN1CCC(NC(Cn2ccnc2)C(C)(C)C)CC1. The van der Waals surface area contributed by atoms with Gasteiger partial charge in [-0.3, -0.25) is 0 Å². The molecule has 2 heterocycles. The molecule has 1 N–H and O–H groups in total. The summed E-state index contributed by atoms with van der Waals surface area (Å²) in [6.45, 7) is 10.4. The molecule has 4 nitrogen and oxygen atoms in total. The first-order chi connectivity index (χ1) is 8.95. The number of rotatable bonds is 4. The molecule has 19 heavy (non-hydrogen) atoms. The zero-order chi connectivity index (χ0) is 13.9. The van der Waals surface area contributed by atoms with E-state index in [2.05, 4.69) is 53.8 Å². The average molecular weight is 264 g/mol. The molecule has 1 aliphatic heterocycles. The zero-order valence-electron chi connectivity index (χ0n) is 12.8. The van der Waals surface area contributed by atoms with E-state index in [-0.39, 0.29) is 5.41 Å². The van der Waals surface area contributed by atoms with Crippen LogP contribution in [0.2, 0.25) is 0 Å². The van der Waals surface area contributed by atoms with E-state index >= 15 is 0 Å². The number of piperidine rings is 1. The molecule has 1 atom stereocenters. The third-order valence-corrected chi connectivity index (χ3v) is 4.15. The molecular weight excluding hydrogens is 236 g/mol. The summed E-state index contributed by atoms with van der Waals surface area (Å²) in [6, 6.07) is 1.14. The van der Waals surface area contributed by atoms with Crippen LogP contribution in [0.3, 0.4) is 0 Å². The van der Waals surface area contributed by atoms with Gasteiger partial charge < -0.3 is 14.8 Å². The predicted octanol–water partition coefficient (Wildman–Crippen LogP) is 1.98. The van der Waals surface area contributed by atoms with E-state index in [1.807, 2.05) is 12.5 Å². The van der Waals surface area contributed by atoms with Crippen LogP contribution in [0.15, 0.2) is 18.7 Å². The Morgan fingerprint density at radius 2 is 2.00 bits per heavy atom. The largest absolute Gasteiger partial charge is 0.336 e. The molecule has 0 aliphatic carbocycles. The van der Waals surface area contributed by atoms with E-state index < -0.39 is 0 Å². The van der Waals surface area contributed by atoms with Gasteiger partial charge in [0.05, 0.1) is 6.33 Å². The zero-order valence-corrected chi connectivity index (χ0v) is 12.8. The van der Waals surface area contributed by atoms with Crippen LogP contribution >= 0.6 is 0 Å². The van der Waals surface area contributed by atoms with Gasteiger partial charge in [0, 0.05) is 31.0 Å². The highest BCUT2D eigenvalue weighted by atomic mass is 15.1. The molecule has 1 fully saturated rings. The Kier molecular flexibility index (Phi) is 4.63. The van der Waals surface area contributed by atoms with Crippen molar-refractivity contribution in [3.63, 3.8) is 0 Å². The van der Waals surface area contributed by atoms with E-state index in [4.69, 9.17) is 0 Å². The van der Waals surface area contributed by atoms with Crippen molar-refractivity contribution in [1.82, 2.24) is 19.8 Å². The fourth-order valence-corrected chi connectivity index (χ4v) is 2.64. The fourth-order valence-electron chi connectivity index (χ4n) is 2.64. The van der Waals surface area contributed by atoms with Gasteiger partial charge in [-0.05, 0) is 38.4 Å². The second-order valence-corrected chi connectivity index (χ2v) is 6.92. The van der Waals surface area contributed by atoms with Gasteiger partial charge in [-0.15, -0.1) is 0 Å². The molecule has 108 valence electrons. The lowest BCUT2D eigenvalue weighted by Crippen LogP contribution is -2.51. The van der Waals surface area contributed by atoms with Crippen LogP contribution in [0.25, 0.3) is 0 Å². The first-order valence-corrected chi connectivity index (χ1v) is 7.35. The van der Waals surface area contributed by atoms with Gasteiger partial charge >= 0.3 is 0 Å². The Labute approximate surface area is 117 Å². The van der Waals surface area contributed by atoms with Crippen LogP contribution in [0.1, 0.15) is 33.6 Å². The Bertz CT molecular complexity index is 358. The molecule has 1 aromatic rings. The Balaban J connectivity index is 1.94. The minimum atomic E-state index is 0.258. The summed E-state index contributed by atoms with van der Waals surface area (Å²) in [6.07, 6.45) is 8.33. The maximum Gasteiger partial charge on any atom is 0.0946 e. The Morgan fingerprint density at radius 3 is 2.53 bits per heavy atom. The first-order valence-electron chi connectivity index (χ1n) is 7.35. The molecular formula is C15H28N4. The minimum Gasteiger partial charge on any atom is -0.336 e. The molecule has 1 aliphatic rings. The number of nitrogens with zero attached hydrogens (tertiary/aromatic N) is 3. The lowest BCUT2D eigenvalue weighted by molar-refractivity contribution is 0.174. The molecule has 0 spiro atoms. The van der Waals surface area contributed by atoms with E-state index in [0.717, 1.165) is 6.54 Å². The number of likely N-dealkylation sites (tertiary alicyclic amines) is 1. The highest BCUT2D eigenvalue weighted by Gasteiger charge is 2.28. The minimum absolute atomic E-state index is 0.258. The summed E-state index contributed by atoms with van der Waals surface area (Å²) >= 11 is 0. The molecule has 0 amide bonds. The third-order valence-electron chi connectivity index (χ3n) is 4.15. The van der Waals surface area contributed by atoms with Gasteiger partial charge in [-0.1, -0.05) is 20.8 Å². The quantitative estimate of drug-likeness (QED) is 0.903. The highest BCUT2D eigenvalue weighted by Crippen LogP contribution is 2.23. The van der Waals surface area contributed by atoms with Crippen molar-refractivity contribution in [1.29, 1.82) is 0 Å². The molecule has 1 aromatic heterocycles. The second-order valence-electron chi connectivity index (χ2n) is 6.92. The number of hydrogen-bond donors (Lipinski definition) is 1. The molecule has 1 unspecified atom stereocenters. The second kappa shape index (κ2) is 6.06. The number of nitrogens with one attached hydrogen (secondary N) is 1. The molecule has 2 rings (SSSR count). The van der Waals surface area contributed by atoms with Crippen molar-refractivity contribution in [3.05, 3.63) is 18.7 Å². The van der Waals surface area contributed by atoms with Crippen molar-refractivity contribution >= 4 is 0 Å². The summed E-state index contributed by atoms with van der Waals surface area (Å²) < 4.78 is 2.18. The topological polar surface area (TPSA) is 33.1 Å². The molecule has 0 radical (unpaired) electrons.